The van der Waals surface area contributed by atoms with Gasteiger partial charge in [0.15, 0.2) is 0 Å². The van der Waals surface area contributed by atoms with E-state index in [1.54, 1.807) is 19.4 Å². The summed E-state index contributed by atoms with van der Waals surface area (Å²) in [5, 5.41) is 5.96. The first-order valence-electron chi connectivity index (χ1n) is 6.07. The number of carbonyl (C=O) groups excluding carboxylic acids is 1. The molecular formula is C13H20BrN3O. The number of amides is 1. The Morgan fingerprint density at radius 2 is 2.17 bits per heavy atom. The largest absolute Gasteiger partial charge is 0.358 e. The molecule has 0 saturated carbocycles. The Bertz CT molecular complexity index is 396. The second-order valence-corrected chi connectivity index (χ2v) is 5.60. The summed E-state index contributed by atoms with van der Waals surface area (Å²) in [5.74, 6) is 0.507. The highest BCUT2D eigenvalue weighted by atomic mass is 79.9. The Morgan fingerprint density at radius 1 is 1.44 bits per heavy atom. The van der Waals surface area contributed by atoms with Crippen LogP contribution in [0.3, 0.4) is 0 Å². The molecule has 1 unspecified atom stereocenters. The molecule has 100 valence electrons. The molecule has 0 aliphatic carbocycles. The van der Waals surface area contributed by atoms with E-state index >= 15 is 0 Å². The lowest BCUT2D eigenvalue weighted by Crippen LogP contribution is -2.43. The molecule has 0 spiro atoms. The van der Waals surface area contributed by atoms with Crippen LogP contribution in [-0.4, -0.2) is 24.0 Å². The van der Waals surface area contributed by atoms with Crippen molar-refractivity contribution in [1.29, 1.82) is 0 Å². The first-order valence-corrected chi connectivity index (χ1v) is 6.86. The third-order valence-corrected chi connectivity index (χ3v) is 3.02. The fourth-order valence-electron chi connectivity index (χ4n) is 1.72. The lowest BCUT2D eigenvalue weighted by molar-refractivity contribution is -0.123. The van der Waals surface area contributed by atoms with Gasteiger partial charge in [0.1, 0.15) is 0 Å². The molecule has 5 heteroatoms. The summed E-state index contributed by atoms with van der Waals surface area (Å²) in [6.07, 6.45) is 4.36. The zero-order chi connectivity index (χ0) is 13.5. The molecule has 0 aromatic carbocycles. The van der Waals surface area contributed by atoms with Crippen LogP contribution in [0.15, 0.2) is 22.9 Å². The van der Waals surface area contributed by atoms with Crippen LogP contribution in [0, 0.1) is 5.92 Å². The zero-order valence-corrected chi connectivity index (χ0v) is 12.6. The van der Waals surface area contributed by atoms with E-state index in [9.17, 15) is 4.79 Å². The number of nitrogens with one attached hydrogen (secondary N) is 2. The summed E-state index contributed by atoms with van der Waals surface area (Å²) in [5.41, 5.74) is 1.06. The number of hydrogen-bond donors (Lipinski definition) is 2. The van der Waals surface area contributed by atoms with Gasteiger partial charge in [-0.2, -0.15) is 0 Å². The van der Waals surface area contributed by atoms with Crippen molar-refractivity contribution >= 4 is 21.8 Å². The van der Waals surface area contributed by atoms with Gasteiger partial charge in [-0.3, -0.25) is 9.78 Å². The fraction of sp³-hybridized carbons (Fsp3) is 0.538. The van der Waals surface area contributed by atoms with Crippen molar-refractivity contribution in [2.24, 2.45) is 5.92 Å². The predicted molar refractivity (Wildman–Crippen MR) is 76.1 cm³/mol. The van der Waals surface area contributed by atoms with Gasteiger partial charge in [0.2, 0.25) is 5.91 Å². The molecule has 0 fully saturated rings. The number of hydrogen-bond acceptors (Lipinski definition) is 3. The van der Waals surface area contributed by atoms with Gasteiger partial charge in [-0.05, 0) is 39.9 Å². The van der Waals surface area contributed by atoms with Gasteiger partial charge in [-0.15, -0.1) is 0 Å². The zero-order valence-electron chi connectivity index (χ0n) is 11.0. The van der Waals surface area contributed by atoms with Crippen LogP contribution in [0.2, 0.25) is 0 Å². The molecule has 1 heterocycles. The van der Waals surface area contributed by atoms with Gasteiger partial charge in [0, 0.05) is 30.5 Å². The number of pyridine rings is 1. The molecule has 1 amide bonds. The van der Waals surface area contributed by atoms with Crippen molar-refractivity contribution in [1.82, 2.24) is 15.6 Å². The minimum Gasteiger partial charge on any atom is -0.358 e. The molecular weight excluding hydrogens is 294 g/mol. The molecule has 0 aliphatic heterocycles. The number of aromatic nitrogens is 1. The molecule has 1 aromatic rings. The average Bonchev–Trinajstić information content (AvgIpc) is 2.33. The quantitative estimate of drug-likeness (QED) is 0.845. The topological polar surface area (TPSA) is 54.0 Å². The molecule has 0 saturated heterocycles. The molecule has 1 rings (SSSR count). The minimum atomic E-state index is -0.158. The van der Waals surface area contributed by atoms with Crippen LogP contribution < -0.4 is 10.6 Å². The second kappa shape index (κ2) is 7.48. The summed E-state index contributed by atoms with van der Waals surface area (Å²) in [6, 6.07) is 1.84. The maximum absolute atomic E-state index is 11.7. The van der Waals surface area contributed by atoms with Gasteiger partial charge in [-0.1, -0.05) is 13.8 Å². The lowest BCUT2D eigenvalue weighted by Gasteiger charge is -2.19. The van der Waals surface area contributed by atoms with Crippen LogP contribution in [0.5, 0.6) is 0 Å². The van der Waals surface area contributed by atoms with Crippen LogP contribution in [0.1, 0.15) is 25.8 Å². The van der Waals surface area contributed by atoms with Crippen molar-refractivity contribution in [2.75, 3.05) is 7.05 Å². The van der Waals surface area contributed by atoms with E-state index in [0.29, 0.717) is 12.5 Å². The Balaban J connectivity index is 2.58. The Labute approximate surface area is 117 Å². The smallest absolute Gasteiger partial charge is 0.236 e. The van der Waals surface area contributed by atoms with Crippen molar-refractivity contribution in [2.45, 2.75) is 32.9 Å². The number of halogens is 1. The van der Waals surface area contributed by atoms with Gasteiger partial charge >= 0.3 is 0 Å². The van der Waals surface area contributed by atoms with Crippen molar-refractivity contribution in [3.63, 3.8) is 0 Å². The number of nitrogens with zero attached hydrogens (tertiary/aromatic N) is 1. The van der Waals surface area contributed by atoms with E-state index in [0.717, 1.165) is 16.5 Å². The number of rotatable bonds is 6. The monoisotopic (exact) mass is 313 g/mol. The van der Waals surface area contributed by atoms with E-state index in [1.165, 1.54) is 0 Å². The maximum atomic E-state index is 11.7. The highest BCUT2D eigenvalue weighted by molar-refractivity contribution is 9.10. The van der Waals surface area contributed by atoms with Crippen LogP contribution in [-0.2, 0) is 11.3 Å². The van der Waals surface area contributed by atoms with Crippen molar-refractivity contribution in [3.05, 3.63) is 28.5 Å². The third kappa shape index (κ3) is 5.14. The highest BCUT2D eigenvalue weighted by Gasteiger charge is 2.17. The van der Waals surface area contributed by atoms with Crippen LogP contribution >= 0.6 is 15.9 Å². The number of carbonyl (C=O) groups is 1. The molecule has 0 bridgehead atoms. The maximum Gasteiger partial charge on any atom is 0.236 e. The fourth-order valence-corrected chi connectivity index (χ4v) is 2.13. The summed E-state index contributed by atoms with van der Waals surface area (Å²) < 4.78 is 0.946. The van der Waals surface area contributed by atoms with E-state index in [4.69, 9.17) is 0 Å². The summed E-state index contributed by atoms with van der Waals surface area (Å²) >= 11 is 3.38. The molecule has 1 aromatic heterocycles. The van der Waals surface area contributed by atoms with Gasteiger partial charge < -0.3 is 10.6 Å². The molecule has 0 aliphatic rings. The van der Waals surface area contributed by atoms with E-state index in [1.807, 2.05) is 6.07 Å². The molecule has 1 atom stereocenters. The average molecular weight is 314 g/mol. The van der Waals surface area contributed by atoms with E-state index in [2.05, 4.69) is 45.4 Å². The highest BCUT2D eigenvalue weighted by Crippen LogP contribution is 2.10. The van der Waals surface area contributed by atoms with E-state index < -0.39 is 0 Å². The van der Waals surface area contributed by atoms with Crippen molar-refractivity contribution in [3.8, 4) is 0 Å². The molecule has 4 nitrogen and oxygen atoms in total. The van der Waals surface area contributed by atoms with Gasteiger partial charge in [-0.25, -0.2) is 0 Å². The first kappa shape index (κ1) is 15.1. The SMILES string of the molecule is CNC(=O)C(CC(C)C)NCc1cncc(Br)c1. The number of likely N-dealkylation sites (N-methyl/N-ethyl adjacent to an activating group) is 1. The lowest BCUT2D eigenvalue weighted by atomic mass is 10.0. The summed E-state index contributed by atoms with van der Waals surface area (Å²) in [6.45, 7) is 4.85. The van der Waals surface area contributed by atoms with Crippen LogP contribution in [0.4, 0.5) is 0 Å². The molecule has 0 radical (unpaired) electrons. The third-order valence-electron chi connectivity index (χ3n) is 2.58. The van der Waals surface area contributed by atoms with Gasteiger partial charge in [0.25, 0.3) is 0 Å². The van der Waals surface area contributed by atoms with Crippen molar-refractivity contribution < 1.29 is 4.79 Å². The van der Waals surface area contributed by atoms with Crippen LogP contribution in [0.25, 0.3) is 0 Å². The summed E-state index contributed by atoms with van der Waals surface area (Å²) in [7, 11) is 1.66. The molecule has 18 heavy (non-hydrogen) atoms. The predicted octanol–water partition coefficient (Wildman–Crippen LogP) is 2.09. The minimum absolute atomic E-state index is 0.0339. The second-order valence-electron chi connectivity index (χ2n) is 4.69. The Kier molecular flexibility index (Phi) is 6.29. The first-order chi connectivity index (χ1) is 8.52. The normalized spacial score (nSPS) is 12.5. The Morgan fingerprint density at radius 3 is 2.72 bits per heavy atom. The van der Waals surface area contributed by atoms with E-state index in [-0.39, 0.29) is 11.9 Å². The van der Waals surface area contributed by atoms with Gasteiger partial charge in [0.05, 0.1) is 6.04 Å². The summed E-state index contributed by atoms with van der Waals surface area (Å²) in [4.78, 5) is 15.8. The Hall–Kier alpha value is -0.940. The standard InChI is InChI=1S/C13H20BrN3O/c1-9(2)4-12(13(18)15-3)17-7-10-5-11(14)8-16-6-10/h5-6,8-9,12,17H,4,7H2,1-3H3,(H,15,18). The molecule has 2 N–H and O–H groups in total.